The van der Waals surface area contributed by atoms with Gasteiger partial charge in [-0.05, 0) is 0 Å². The first kappa shape index (κ1) is 11.9. The maximum absolute atomic E-state index is 11.1. The Morgan fingerprint density at radius 2 is 2.21 bits per heavy atom. The molecule has 0 aliphatic carbocycles. The molecule has 2 atom stereocenters. The molecule has 2 N–H and O–H groups in total. The van der Waals surface area contributed by atoms with Crippen LogP contribution in [0.25, 0.3) is 10.8 Å². The molecule has 19 heavy (non-hydrogen) atoms. The molecule has 0 radical (unpaired) electrons. The van der Waals surface area contributed by atoms with Crippen LogP contribution < -0.4 is 5.32 Å². The van der Waals surface area contributed by atoms with E-state index < -0.39 is 11.9 Å². The fraction of sp³-hybridized carbons (Fsp3) is 0.308. The number of nitrogens with zero attached hydrogens (tertiary/aromatic N) is 2. The number of hydrogen-bond donors (Lipinski definition) is 2. The minimum atomic E-state index is -0.858. The fourth-order valence-electron chi connectivity index (χ4n) is 2.25. The quantitative estimate of drug-likeness (QED) is 0.860. The van der Waals surface area contributed by atoms with Gasteiger partial charge >= 0.3 is 5.97 Å². The molecule has 1 aromatic heterocycles. The van der Waals surface area contributed by atoms with E-state index in [1.807, 2.05) is 24.3 Å². The Morgan fingerprint density at radius 3 is 3.05 bits per heavy atom. The molecule has 1 aliphatic heterocycles. The Balaban J connectivity index is 1.91. The maximum atomic E-state index is 11.1. The van der Waals surface area contributed by atoms with E-state index in [-0.39, 0.29) is 12.6 Å². The van der Waals surface area contributed by atoms with Gasteiger partial charge in [-0.2, -0.15) is 5.10 Å². The summed E-state index contributed by atoms with van der Waals surface area (Å²) >= 11 is 0. The average molecular weight is 259 g/mol. The van der Waals surface area contributed by atoms with Crippen molar-refractivity contribution in [1.29, 1.82) is 0 Å². The molecule has 1 aromatic carbocycles. The van der Waals surface area contributed by atoms with Crippen LogP contribution in [0.1, 0.15) is 0 Å². The third kappa shape index (κ3) is 2.22. The molecule has 1 fully saturated rings. The fourth-order valence-corrected chi connectivity index (χ4v) is 2.25. The highest BCUT2D eigenvalue weighted by atomic mass is 16.5. The second kappa shape index (κ2) is 4.81. The largest absolute Gasteiger partial charge is 0.481 e. The molecule has 6 nitrogen and oxygen atoms in total. The minimum Gasteiger partial charge on any atom is -0.481 e. The Kier molecular flexibility index (Phi) is 3.00. The van der Waals surface area contributed by atoms with Crippen LogP contribution in [0, 0.1) is 5.92 Å². The SMILES string of the molecule is O=C(O)C1COCC1Nc1nncc2ccccc12. The Labute approximate surface area is 109 Å². The van der Waals surface area contributed by atoms with Crippen LogP contribution >= 0.6 is 0 Å². The average Bonchev–Trinajstić information content (AvgIpc) is 2.87. The number of carboxylic acids is 1. The molecule has 98 valence electrons. The molecular weight excluding hydrogens is 246 g/mol. The van der Waals surface area contributed by atoms with E-state index >= 15 is 0 Å². The lowest BCUT2D eigenvalue weighted by atomic mass is 10.0. The van der Waals surface area contributed by atoms with Gasteiger partial charge < -0.3 is 15.2 Å². The van der Waals surface area contributed by atoms with Crippen LogP contribution in [0.5, 0.6) is 0 Å². The van der Waals surface area contributed by atoms with Gasteiger partial charge in [0.2, 0.25) is 0 Å². The minimum absolute atomic E-state index is 0.227. The topological polar surface area (TPSA) is 84.3 Å². The summed E-state index contributed by atoms with van der Waals surface area (Å²) in [5, 5.41) is 22.1. The van der Waals surface area contributed by atoms with Gasteiger partial charge in [-0.3, -0.25) is 4.79 Å². The maximum Gasteiger partial charge on any atom is 0.311 e. The second-order valence-electron chi connectivity index (χ2n) is 4.51. The van der Waals surface area contributed by atoms with Crippen molar-refractivity contribution in [2.24, 2.45) is 5.92 Å². The van der Waals surface area contributed by atoms with Crippen molar-refractivity contribution >= 4 is 22.6 Å². The third-order valence-corrected chi connectivity index (χ3v) is 3.29. The van der Waals surface area contributed by atoms with Crippen molar-refractivity contribution in [1.82, 2.24) is 10.2 Å². The molecular formula is C13H13N3O3. The molecule has 1 saturated heterocycles. The Hall–Kier alpha value is -2.21. The number of fused-ring (bicyclic) bond motifs is 1. The molecule has 2 unspecified atom stereocenters. The van der Waals surface area contributed by atoms with Crippen LogP contribution in [-0.4, -0.2) is 40.5 Å². The summed E-state index contributed by atoms with van der Waals surface area (Å²) in [6, 6.07) is 7.42. The molecule has 3 rings (SSSR count). The molecule has 0 amide bonds. The van der Waals surface area contributed by atoms with Gasteiger partial charge in [0.05, 0.1) is 25.5 Å². The van der Waals surface area contributed by atoms with Gasteiger partial charge in [-0.1, -0.05) is 24.3 Å². The van der Waals surface area contributed by atoms with Crippen LogP contribution in [-0.2, 0) is 9.53 Å². The van der Waals surface area contributed by atoms with Gasteiger partial charge in [0.25, 0.3) is 0 Å². The summed E-state index contributed by atoms with van der Waals surface area (Å²) < 4.78 is 5.22. The number of nitrogens with one attached hydrogen (secondary N) is 1. The lowest BCUT2D eigenvalue weighted by molar-refractivity contribution is -0.141. The number of carboxylic acid groups (broad SMARTS) is 1. The highest BCUT2D eigenvalue weighted by molar-refractivity contribution is 5.91. The molecule has 0 saturated carbocycles. The number of ether oxygens (including phenoxy) is 1. The summed E-state index contributed by atoms with van der Waals surface area (Å²) in [7, 11) is 0. The van der Waals surface area contributed by atoms with Crippen molar-refractivity contribution < 1.29 is 14.6 Å². The van der Waals surface area contributed by atoms with E-state index in [0.717, 1.165) is 10.8 Å². The number of aromatic nitrogens is 2. The highest BCUT2D eigenvalue weighted by Crippen LogP contribution is 2.23. The van der Waals surface area contributed by atoms with E-state index in [4.69, 9.17) is 9.84 Å². The summed E-state index contributed by atoms with van der Waals surface area (Å²) in [5.41, 5.74) is 0. The summed E-state index contributed by atoms with van der Waals surface area (Å²) in [4.78, 5) is 11.1. The van der Waals surface area contributed by atoms with E-state index in [0.29, 0.717) is 12.4 Å². The number of rotatable bonds is 3. The number of aliphatic carboxylic acids is 1. The first-order valence-electron chi connectivity index (χ1n) is 6.03. The molecule has 2 aromatic rings. The number of benzene rings is 1. The first-order valence-corrected chi connectivity index (χ1v) is 6.03. The molecule has 6 heteroatoms. The molecule has 0 spiro atoms. The number of carbonyl (C=O) groups is 1. The van der Waals surface area contributed by atoms with Crippen molar-refractivity contribution in [3.63, 3.8) is 0 Å². The van der Waals surface area contributed by atoms with Gasteiger partial charge in [0, 0.05) is 10.8 Å². The highest BCUT2D eigenvalue weighted by Gasteiger charge is 2.34. The van der Waals surface area contributed by atoms with Gasteiger partial charge in [0.1, 0.15) is 5.92 Å². The standard InChI is InChI=1S/C13H13N3O3/c17-13(18)10-6-19-7-11(10)15-12-9-4-2-1-3-8(9)5-14-16-12/h1-5,10-11H,6-7H2,(H,15,16)(H,17,18). The zero-order valence-corrected chi connectivity index (χ0v) is 10.1. The van der Waals surface area contributed by atoms with Gasteiger partial charge in [-0.25, -0.2) is 0 Å². The van der Waals surface area contributed by atoms with Gasteiger partial charge in [-0.15, -0.1) is 5.10 Å². The number of hydrogen-bond acceptors (Lipinski definition) is 5. The smallest absolute Gasteiger partial charge is 0.311 e. The summed E-state index contributed by atoms with van der Waals surface area (Å²) in [6.45, 7) is 0.590. The second-order valence-corrected chi connectivity index (χ2v) is 4.51. The monoisotopic (exact) mass is 259 g/mol. The van der Waals surface area contributed by atoms with Crippen LogP contribution in [0.2, 0.25) is 0 Å². The van der Waals surface area contributed by atoms with Crippen molar-refractivity contribution in [2.75, 3.05) is 18.5 Å². The zero-order chi connectivity index (χ0) is 13.2. The van der Waals surface area contributed by atoms with E-state index in [1.54, 1.807) is 6.20 Å². The predicted molar refractivity (Wildman–Crippen MR) is 68.9 cm³/mol. The summed E-state index contributed by atoms with van der Waals surface area (Å²) in [5.74, 6) is -0.816. The van der Waals surface area contributed by atoms with Crippen LogP contribution in [0.4, 0.5) is 5.82 Å². The van der Waals surface area contributed by atoms with E-state index in [9.17, 15) is 4.79 Å². The predicted octanol–water partition coefficient (Wildman–Crippen LogP) is 1.14. The molecule has 1 aliphatic rings. The lowest BCUT2D eigenvalue weighted by Gasteiger charge is -2.16. The summed E-state index contributed by atoms with van der Waals surface area (Å²) in [6.07, 6.45) is 1.68. The van der Waals surface area contributed by atoms with E-state index in [1.165, 1.54) is 0 Å². The van der Waals surface area contributed by atoms with Crippen LogP contribution in [0.15, 0.2) is 30.5 Å². The third-order valence-electron chi connectivity index (χ3n) is 3.29. The lowest BCUT2D eigenvalue weighted by Crippen LogP contribution is -2.33. The van der Waals surface area contributed by atoms with Crippen molar-refractivity contribution in [3.05, 3.63) is 30.5 Å². The van der Waals surface area contributed by atoms with Crippen molar-refractivity contribution in [2.45, 2.75) is 6.04 Å². The van der Waals surface area contributed by atoms with Crippen molar-refractivity contribution in [3.8, 4) is 0 Å². The molecule has 2 heterocycles. The Bertz CT molecular complexity index is 612. The molecule has 0 bridgehead atoms. The van der Waals surface area contributed by atoms with Gasteiger partial charge in [0.15, 0.2) is 5.82 Å². The Morgan fingerprint density at radius 1 is 1.37 bits per heavy atom. The van der Waals surface area contributed by atoms with Crippen LogP contribution in [0.3, 0.4) is 0 Å². The van der Waals surface area contributed by atoms with E-state index in [2.05, 4.69) is 15.5 Å². The first-order chi connectivity index (χ1) is 9.25. The normalized spacial score (nSPS) is 22.5. The number of anilines is 1. The zero-order valence-electron chi connectivity index (χ0n) is 10.1.